The number of pyridine rings is 1. The first-order valence-corrected chi connectivity index (χ1v) is 6.92. The third-order valence-electron chi connectivity index (χ3n) is 2.90. The molecule has 2 rings (SSSR count). The van der Waals surface area contributed by atoms with Gasteiger partial charge in [0, 0.05) is 18.9 Å². The van der Waals surface area contributed by atoms with E-state index in [9.17, 15) is 4.79 Å². The summed E-state index contributed by atoms with van der Waals surface area (Å²) in [7, 11) is 0. The number of aliphatic hydroxyl groups is 1. The first kappa shape index (κ1) is 14.7. The number of anilines is 1. The minimum atomic E-state index is -0.268. The molecule has 2 N–H and O–H groups in total. The Morgan fingerprint density at radius 3 is 2.95 bits per heavy atom. The van der Waals surface area contributed by atoms with Crippen molar-refractivity contribution in [1.82, 2.24) is 14.8 Å². The quantitative estimate of drug-likeness (QED) is 0.859. The molecule has 0 aliphatic rings. The fraction of sp³-hybridized carbons (Fsp3) is 0.308. The van der Waals surface area contributed by atoms with Crippen LogP contribution < -0.4 is 10.9 Å². The third kappa shape index (κ3) is 3.23. The molecule has 0 aromatic carbocycles. The summed E-state index contributed by atoms with van der Waals surface area (Å²) < 4.78 is 1.63. The molecule has 0 amide bonds. The molecule has 0 unspecified atom stereocenters. The van der Waals surface area contributed by atoms with Crippen LogP contribution in [0.1, 0.15) is 11.1 Å². The lowest BCUT2D eigenvalue weighted by Gasteiger charge is -2.11. The monoisotopic (exact) mass is 338 g/mol. The lowest BCUT2D eigenvalue weighted by atomic mass is 10.1. The average molecular weight is 339 g/mol. The molecular weight excluding hydrogens is 324 g/mol. The van der Waals surface area contributed by atoms with E-state index < -0.39 is 0 Å². The van der Waals surface area contributed by atoms with E-state index in [1.807, 2.05) is 13.0 Å². The van der Waals surface area contributed by atoms with Crippen LogP contribution >= 0.6 is 15.9 Å². The summed E-state index contributed by atoms with van der Waals surface area (Å²) >= 11 is 3.26. The lowest BCUT2D eigenvalue weighted by Crippen LogP contribution is -2.25. The Morgan fingerprint density at radius 1 is 1.45 bits per heavy atom. The van der Waals surface area contributed by atoms with Crippen molar-refractivity contribution in [3.63, 3.8) is 0 Å². The number of hydrogen-bond donors (Lipinski definition) is 2. The number of halogens is 1. The minimum absolute atomic E-state index is 0.123. The molecule has 0 spiro atoms. The molecule has 0 aliphatic carbocycles. The molecule has 0 aliphatic heterocycles. The Morgan fingerprint density at radius 2 is 2.25 bits per heavy atom. The van der Waals surface area contributed by atoms with E-state index in [1.54, 1.807) is 18.6 Å². The third-order valence-corrected chi connectivity index (χ3v) is 3.67. The van der Waals surface area contributed by atoms with Gasteiger partial charge in [0.1, 0.15) is 4.47 Å². The summed E-state index contributed by atoms with van der Waals surface area (Å²) in [5.41, 5.74) is 2.54. The van der Waals surface area contributed by atoms with E-state index in [4.69, 9.17) is 5.11 Å². The molecule has 0 bridgehead atoms. The maximum absolute atomic E-state index is 12.0. The number of aliphatic hydroxyl groups excluding tert-OH is 1. The standard InChI is InChI=1S/C13H15BrN4O2/c1-9-6-15-3-2-10(9)7-16-11-8-17-18(4-5-19)13(20)12(11)14/h2-3,6,8,16,19H,4-5,7H2,1H3. The topological polar surface area (TPSA) is 80.0 Å². The number of nitrogens with one attached hydrogen (secondary N) is 1. The molecule has 0 fully saturated rings. The van der Waals surface area contributed by atoms with Crippen molar-refractivity contribution >= 4 is 21.6 Å². The van der Waals surface area contributed by atoms with Crippen molar-refractivity contribution in [2.75, 3.05) is 11.9 Å². The molecule has 0 saturated heterocycles. The number of aryl methyl sites for hydroxylation is 1. The second kappa shape index (κ2) is 6.62. The summed E-state index contributed by atoms with van der Waals surface area (Å²) in [6.45, 7) is 2.62. The van der Waals surface area contributed by atoms with Crippen molar-refractivity contribution in [1.29, 1.82) is 0 Å². The summed E-state index contributed by atoms with van der Waals surface area (Å²) in [6.07, 6.45) is 5.09. The van der Waals surface area contributed by atoms with Gasteiger partial charge in [-0.15, -0.1) is 0 Å². The second-order valence-electron chi connectivity index (χ2n) is 4.28. The molecule has 106 valence electrons. The van der Waals surface area contributed by atoms with Gasteiger partial charge < -0.3 is 10.4 Å². The number of aromatic nitrogens is 3. The smallest absolute Gasteiger partial charge is 0.283 e. The highest BCUT2D eigenvalue weighted by Crippen LogP contribution is 2.17. The van der Waals surface area contributed by atoms with Crippen LogP contribution in [-0.2, 0) is 13.1 Å². The normalized spacial score (nSPS) is 10.6. The van der Waals surface area contributed by atoms with E-state index >= 15 is 0 Å². The van der Waals surface area contributed by atoms with Crippen LogP contribution in [0.25, 0.3) is 0 Å². The Bertz CT molecular complexity index is 657. The van der Waals surface area contributed by atoms with Gasteiger partial charge in [-0.2, -0.15) is 5.10 Å². The first-order chi connectivity index (χ1) is 9.63. The van der Waals surface area contributed by atoms with Gasteiger partial charge in [-0.3, -0.25) is 9.78 Å². The molecule has 7 heteroatoms. The summed E-state index contributed by atoms with van der Waals surface area (Å²) in [5.74, 6) is 0. The Balaban J connectivity index is 2.17. The van der Waals surface area contributed by atoms with Gasteiger partial charge in [-0.1, -0.05) is 0 Å². The predicted octanol–water partition coefficient (Wildman–Crippen LogP) is 1.31. The summed E-state index contributed by atoms with van der Waals surface area (Å²) in [6, 6.07) is 1.93. The van der Waals surface area contributed by atoms with Crippen molar-refractivity contribution in [2.24, 2.45) is 0 Å². The molecule has 2 aromatic rings. The van der Waals surface area contributed by atoms with Gasteiger partial charge in [0.25, 0.3) is 5.56 Å². The van der Waals surface area contributed by atoms with Crippen molar-refractivity contribution in [2.45, 2.75) is 20.0 Å². The van der Waals surface area contributed by atoms with Crippen LogP contribution in [0.2, 0.25) is 0 Å². The van der Waals surface area contributed by atoms with Crippen LogP contribution in [0.5, 0.6) is 0 Å². The van der Waals surface area contributed by atoms with Crippen molar-refractivity contribution < 1.29 is 5.11 Å². The summed E-state index contributed by atoms with van der Waals surface area (Å²) in [4.78, 5) is 16.0. The molecule has 6 nitrogen and oxygen atoms in total. The molecular formula is C13H15BrN4O2. The SMILES string of the molecule is Cc1cnccc1CNc1cnn(CCO)c(=O)c1Br. The fourth-order valence-electron chi connectivity index (χ4n) is 1.73. The van der Waals surface area contributed by atoms with Gasteiger partial charge >= 0.3 is 0 Å². The van der Waals surface area contributed by atoms with Crippen molar-refractivity contribution in [3.05, 3.63) is 50.6 Å². The Hall–Kier alpha value is -1.73. The fourth-order valence-corrected chi connectivity index (χ4v) is 2.18. The van der Waals surface area contributed by atoms with Crippen LogP contribution in [0.15, 0.2) is 33.9 Å². The average Bonchev–Trinajstić information content (AvgIpc) is 2.45. The zero-order valence-corrected chi connectivity index (χ0v) is 12.6. The molecule has 20 heavy (non-hydrogen) atoms. The van der Waals surface area contributed by atoms with E-state index in [0.717, 1.165) is 11.1 Å². The summed E-state index contributed by atoms with van der Waals surface area (Å²) in [5, 5.41) is 16.0. The zero-order chi connectivity index (χ0) is 14.5. The van der Waals surface area contributed by atoms with Crippen LogP contribution in [0, 0.1) is 6.92 Å². The maximum atomic E-state index is 12.0. The maximum Gasteiger partial charge on any atom is 0.283 e. The van der Waals surface area contributed by atoms with Gasteiger partial charge in [-0.05, 0) is 40.0 Å². The predicted molar refractivity (Wildman–Crippen MR) is 79.6 cm³/mol. The Kier molecular flexibility index (Phi) is 4.86. The van der Waals surface area contributed by atoms with E-state index in [2.05, 4.69) is 31.3 Å². The lowest BCUT2D eigenvalue weighted by molar-refractivity contribution is 0.266. The van der Waals surface area contributed by atoms with E-state index in [1.165, 1.54) is 4.68 Å². The number of nitrogens with zero attached hydrogens (tertiary/aromatic N) is 3. The van der Waals surface area contributed by atoms with Crippen LogP contribution in [0.4, 0.5) is 5.69 Å². The molecule has 0 atom stereocenters. The van der Waals surface area contributed by atoms with E-state index in [-0.39, 0.29) is 18.7 Å². The van der Waals surface area contributed by atoms with Gasteiger partial charge in [0.2, 0.25) is 0 Å². The van der Waals surface area contributed by atoms with Crippen LogP contribution in [0.3, 0.4) is 0 Å². The highest BCUT2D eigenvalue weighted by Gasteiger charge is 2.08. The van der Waals surface area contributed by atoms with Crippen molar-refractivity contribution in [3.8, 4) is 0 Å². The Labute approximate surface area is 124 Å². The van der Waals surface area contributed by atoms with Gasteiger partial charge in [0.15, 0.2) is 0 Å². The molecule has 0 saturated carbocycles. The highest BCUT2D eigenvalue weighted by atomic mass is 79.9. The number of hydrogen-bond acceptors (Lipinski definition) is 5. The zero-order valence-electron chi connectivity index (χ0n) is 11.0. The largest absolute Gasteiger partial charge is 0.394 e. The first-order valence-electron chi connectivity index (χ1n) is 6.13. The highest BCUT2D eigenvalue weighted by molar-refractivity contribution is 9.10. The number of rotatable bonds is 5. The van der Waals surface area contributed by atoms with Gasteiger partial charge in [-0.25, -0.2) is 4.68 Å². The molecule has 2 aromatic heterocycles. The molecule has 0 radical (unpaired) electrons. The minimum Gasteiger partial charge on any atom is -0.394 e. The van der Waals surface area contributed by atoms with Gasteiger partial charge in [0.05, 0.1) is 25.0 Å². The van der Waals surface area contributed by atoms with Crippen LogP contribution in [-0.4, -0.2) is 26.5 Å². The van der Waals surface area contributed by atoms with E-state index in [0.29, 0.717) is 16.7 Å². The second-order valence-corrected chi connectivity index (χ2v) is 5.07. The molecule has 2 heterocycles.